The molecule has 0 bridgehead atoms. The van der Waals surface area contributed by atoms with E-state index in [1.807, 2.05) is 6.92 Å². The number of rotatable bonds is 5. The monoisotopic (exact) mass is 528 g/mol. The van der Waals surface area contributed by atoms with Crippen molar-refractivity contribution in [2.45, 2.75) is 130 Å². The summed E-state index contributed by atoms with van der Waals surface area (Å²) in [6.07, 6.45) is 8.81. The lowest BCUT2D eigenvalue weighted by Crippen LogP contribution is -2.59. The third kappa shape index (κ3) is 3.64. The van der Waals surface area contributed by atoms with Gasteiger partial charge >= 0.3 is 11.9 Å². The lowest BCUT2D eigenvalue weighted by atomic mass is 9.41. The van der Waals surface area contributed by atoms with Gasteiger partial charge < -0.3 is 14.6 Å². The van der Waals surface area contributed by atoms with Crippen LogP contribution in [-0.4, -0.2) is 40.1 Å². The molecule has 6 heteroatoms. The Morgan fingerprint density at radius 3 is 2.45 bits per heavy atom. The summed E-state index contributed by atoms with van der Waals surface area (Å²) in [7, 11) is 0. The van der Waals surface area contributed by atoms with Crippen LogP contribution < -0.4 is 0 Å². The highest BCUT2D eigenvalue weighted by atomic mass is 16.6. The molecule has 4 fully saturated rings. The number of carbonyl (C=O) groups excluding carboxylic acids is 3. The second kappa shape index (κ2) is 8.41. The van der Waals surface area contributed by atoms with Gasteiger partial charge in [-0.2, -0.15) is 0 Å². The Balaban J connectivity index is 1.50. The van der Waals surface area contributed by atoms with Gasteiger partial charge in [-0.1, -0.05) is 39.3 Å². The molecule has 5 aliphatic rings. The van der Waals surface area contributed by atoms with Gasteiger partial charge in [-0.15, -0.1) is 0 Å². The molecule has 0 radical (unpaired) electrons. The maximum Gasteiger partial charge on any atom is 0.314 e. The van der Waals surface area contributed by atoms with Gasteiger partial charge in [-0.25, -0.2) is 0 Å². The Bertz CT molecular complexity index is 1080. The van der Waals surface area contributed by atoms with Gasteiger partial charge in [-0.3, -0.25) is 14.4 Å². The Morgan fingerprint density at radius 2 is 1.82 bits per heavy atom. The molecule has 5 rings (SSSR count). The van der Waals surface area contributed by atoms with Crippen LogP contribution in [0.15, 0.2) is 11.6 Å². The minimum Gasteiger partial charge on any atom is -0.462 e. The number of ether oxygens (including phenoxy) is 2. The first-order chi connectivity index (χ1) is 17.4. The van der Waals surface area contributed by atoms with Gasteiger partial charge in [0.2, 0.25) is 0 Å². The van der Waals surface area contributed by atoms with Crippen molar-refractivity contribution in [2.24, 2.45) is 39.4 Å². The Morgan fingerprint density at radius 1 is 1.13 bits per heavy atom. The molecule has 1 aliphatic heterocycles. The fourth-order valence-electron chi connectivity index (χ4n) is 10.4. The van der Waals surface area contributed by atoms with Gasteiger partial charge in [0.25, 0.3) is 0 Å². The fraction of sp³-hybridized carbons (Fsp3) is 0.844. The molecule has 0 aromatic rings. The summed E-state index contributed by atoms with van der Waals surface area (Å²) in [6.45, 7) is 16.1. The maximum absolute atomic E-state index is 13.9. The van der Waals surface area contributed by atoms with Crippen LogP contribution in [-0.2, 0) is 23.9 Å². The van der Waals surface area contributed by atoms with Crippen LogP contribution in [0.25, 0.3) is 0 Å². The molecule has 1 saturated heterocycles. The van der Waals surface area contributed by atoms with Crippen LogP contribution >= 0.6 is 0 Å². The van der Waals surface area contributed by atoms with Crippen molar-refractivity contribution in [1.82, 2.24) is 0 Å². The number of Topliss-reactive ketones (excluding diaryl/α,β-unsaturated/α-hetero) is 1. The van der Waals surface area contributed by atoms with E-state index < -0.39 is 27.9 Å². The smallest absolute Gasteiger partial charge is 0.314 e. The summed E-state index contributed by atoms with van der Waals surface area (Å²) in [5.74, 6) is -0.142. The molecular weight excluding hydrogens is 480 g/mol. The molecule has 4 aliphatic carbocycles. The SMILES string of the molecule is CC(=O)OC1CCC2(C)C3=CCC45C(=O)OC(C)(CCCC(C)(C)O)C4C(=O)CC5(C)C3CCC2C1(C)C. The number of carbonyl (C=O) groups is 3. The van der Waals surface area contributed by atoms with Crippen LogP contribution in [0.2, 0.25) is 0 Å². The average Bonchev–Trinajstić information content (AvgIpc) is 3.15. The number of hydrogen-bond acceptors (Lipinski definition) is 6. The molecule has 0 amide bonds. The predicted molar refractivity (Wildman–Crippen MR) is 144 cm³/mol. The van der Waals surface area contributed by atoms with Crippen molar-refractivity contribution in [3.05, 3.63) is 11.6 Å². The number of ketones is 1. The van der Waals surface area contributed by atoms with E-state index in [-0.39, 0.29) is 40.6 Å². The number of cyclic esters (lactones) is 1. The first-order valence-electron chi connectivity index (χ1n) is 14.8. The minimum atomic E-state index is -0.826. The number of hydrogen-bond donors (Lipinski definition) is 1. The molecule has 0 aromatic heterocycles. The highest BCUT2D eigenvalue weighted by Crippen LogP contribution is 2.75. The predicted octanol–water partition coefficient (Wildman–Crippen LogP) is 5.94. The Hall–Kier alpha value is -1.69. The van der Waals surface area contributed by atoms with E-state index in [0.717, 1.165) is 25.7 Å². The summed E-state index contributed by atoms with van der Waals surface area (Å²) in [6, 6.07) is 0. The van der Waals surface area contributed by atoms with Gasteiger partial charge in [0.1, 0.15) is 17.5 Å². The standard InChI is InChI=1S/C32H48O6/c1-19(33)37-24-13-16-29(6)20-12-17-32-25(31(8,38-26(32)35)15-9-14-27(2,3)36)22(34)18-30(32,7)21(20)10-11-23(29)28(24,4)5/h12,21,23-25,36H,9-11,13-18H2,1-8H3. The van der Waals surface area contributed by atoms with Crippen LogP contribution in [0, 0.1) is 39.4 Å². The van der Waals surface area contributed by atoms with Crippen LogP contribution in [0.5, 0.6) is 0 Å². The van der Waals surface area contributed by atoms with Crippen molar-refractivity contribution in [3.8, 4) is 0 Å². The largest absolute Gasteiger partial charge is 0.462 e. The molecule has 1 N–H and O–H groups in total. The van der Waals surface area contributed by atoms with Gasteiger partial charge in [-0.05, 0) is 94.8 Å². The Labute approximate surface area is 228 Å². The van der Waals surface area contributed by atoms with Gasteiger partial charge in [0.05, 0.1) is 16.9 Å². The quantitative estimate of drug-likeness (QED) is 0.351. The van der Waals surface area contributed by atoms with E-state index >= 15 is 0 Å². The van der Waals surface area contributed by atoms with E-state index in [1.165, 1.54) is 12.5 Å². The second-order valence-corrected chi connectivity index (χ2v) is 15.3. The molecule has 6 nitrogen and oxygen atoms in total. The number of fused-ring (bicyclic) bond motifs is 4. The Kier molecular flexibility index (Phi) is 6.16. The molecule has 0 aromatic carbocycles. The van der Waals surface area contributed by atoms with Crippen molar-refractivity contribution in [2.75, 3.05) is 0 Å². The number of allylic oxidation sites excluding steroid dienone is 2. The third-order valence-corrected chi connectivity index (χ3v) is 12.1. The molecule has 8 unspecified atom stereocenters. The van der Waals surface area contributed by atoms with Crippen molar-refractivity contribution in [1.29, 1.82) is 0 Å². The van der Waals surface area contributed by atoms with Crippen molar-refractivity contribution >= 4 is 17.7 Å². The molecule has 3 saturated carbocycles. The summed E-state index contributed by atoms with van der Waals surface area (Å²) in [5, 5.41) is 10.2. The number of aliphatic hydroxyl groups is 1. The zero-order chi connectivity index (χ0) is 28.1. The van der Waals surface area contributed by atoms with E-state index in [1.54, 1.807) is 13.8 Å². The van der Waals surface area contributed by atoms with Gasteiger partial charge in [0, 0.05) is 18.8 Å². The summed E-state index contributed by atoms with van der Waals surface area (Å²) in [5.41, 5.74) is -1.66. The molecule has 1 heterocycles. The fourth-order valence-corrected chi connectivity index (χ4v) is 10.4. The molecule has 212 valence electrons. The van der Waals surface area contributed by atoms with Gasteiger partial charge in [0.15, 0.2) is 0 Å². The van der Waals surface area contributed by atoms with E-state index in [2.05, 4.69) is 33.8 Å². The maximum atomic E-state index is 13.9. The second-order valence-electron chi connectivity index (χ2n) is 15.3. The first-order valence-corrected chi connectivity index (χ1v) is 14.8. The van der Waals surface area contributed by atoms with Crippen molar-refractivity contribution < 1.29 is 29.0 Å². The lowest BCUT2D eigenvalue weighted by Gasteiger charge is -2.63. The zero-order valence-electron chi connectivity index (χ0n) is 24.7. The molecule has 8 atom stereocenters. The summed E-state index contributed by atoms with van der Waals surface area (Å²) >= 11 is 0. The summed E-state index contributed by atoms with van der Waals surface area (Å²) in [4.78, 5) is 39.6. The normalized spacial score (nSPS) is 45.3. The molecular formula is C32H48O6. The third-order valence-electron chi connectivity index (χ3n) is 12.1. The van der Waals surface area contributed by atoms with E-state index in [9.17, 15) is 19.5 Å². The average molecular weight is 529 g/mol. The highest BCUT2D eigenvalue weighted by molar-refractivity contribution is 5.99. The molecule has 38 heavy (non-hydrogen) atoms. The topological polar surface area (TPSA) is 89.9 Å². The summed E-state index contributed by atoms with van der Waals surface area (Å²) < 4.78 is 12.0. The molecule has 1 spiro atoms. The van der Waals surface area contributed by atoms with Crippen LogP contribution in [0.1, 0.15) is 113 Å². The first kappa shape index (κ1) is 27.9. The van der Waals surface area contributed by atoms with E-state index in [0.29, 0.717) is 38.0 Å². The minimum absolute atomic E-state index is 0.0483. The van der Waals surface area contributed by atoms with Crippen LogP contribution in [0.4, 0.5) is 0 Å². The van der Waals surface area contributed by atoms with Crippen LogP contribution in [0.3, 0.4) is 0 Å². The zero-order valence-corrected chi connectivity index (χ0v) is 24.7. The van der Waals surface area contributed by atoms with Crippen molar-refractivity contribution in [3.63, 3.8) is 0 Å². The highest BCUT2D eigenvalue weighted by Gasteiger charge is 2.78. The lowest BCUT2D eigenvalue weighted by molar-refractivity contribution is -0.172. The number of esters is 2. The van der Waals surface area contributed by atoms with E-state index in [4.69, 9.17) is 9.47 Å².